The number of hydrogen-bond acceptors (Lipinski definition) is 2. The average Bonchev–Trinajstić information content (AvgIpc) is 2.81. The number of nitrogens with one attached hydrogen (secondary N) is 1. The van der Waals surface area contributed by atoms with E-state index in [4.69, 9.17) is 11.6 Å². The monoisotopic (exact) mass is 280 g/mol. The van der Waals surface area contributed by atoms with Gasteiger partial charge in [0.15, 0.2) is 0 Å². The molecule has 0 radical (unpaired) electrons. The summed E-state index contributed by atoms with van der Waals surface area (Å²) in [6, 6.07) is 5.77. The molecule has 1 aromatic rings. The molecule has 1 fully saturated rings. The molecule has 0 aliphatic carbocycles. The Morgan fingerprint density at radius 3 is 2.63 bits per heavy atom. The molecule has 0 aromatic heterocycles. The van der Waals surface area contributed by atoms with Gasteiger partial charge in [0.2, 0.25) is 5.91 Å². The number of carbonyl (C=O) groups is 1. The van der Waals surface area contributed by atoms with E-state index in [1.54, 1.807) is 0 Å². The van der Waals surface area contributed by atoms with Crippen LogP contribution in [0.3, 0.4) is 0 Å². The maximum atomic E-state index is 11.7. The zero-order valence-corrected chi connectivity index (χ0v) is 12.3. The van der Waals surface area contributed by atoms with Gasteiger partial charge in [-0.2, -0.15) is 0 Å². The van der Waals surface area contributed by atoms with E-state index in [-0.39, 0.29) is 5.91 Å². The Balaban J connectivity index is 2.04. The molecule has 0 spiro atoms. The van der Waals surface area contributed by atoms with Gasteiger partial charge in [0.05, 0.1) is 10.7 Å². The zero-order valence-electron chi connectivity index (χ0n) is 11.6. The Kier molecular flexibility index (Phi) is 4.70. The lowest BCUT2D eigenvalue weighted by atomic mass is 10.1. The maximum Gasteiger partial charge on any atom is 0.224 e. The van der Waals surface area contributed by atoms with Gasteiger partial charge >= 0.3 is 0 Å². The lowest BCUT2D eigenvalue weighted by Crippen LogP contribution is -2.18. The van der Waals surface area contributed by atoms with Crippen LogP contribution in [0.15, 0.2) is 18.2 Å². The molecular formula is C15H21ClN2O. The van der Waals surface area contributed by atoms with E-state index in [0.29, 0.717) is 17.4 Å². The maximum absolute atomic E-state index is 11.7. The SMILES string of the molecule is CC(C)CC(=O)Nc1ccc(N2CCCC2)c(Cl)c1. The van der Waals surface area contributed by atoms with E-state index in [0.717, 1.165) is 24.5 Å². The molecule has 1 heterocycles. The highest BCUT2D eigenvalue weighted by molar-refractivity contribution is 6.33. The summed E-state index contributed by atoms with van der Waals surface area (Å²) in [6.45, 7) is 6.20. The van der Waals surface area contributed by atoms with Crippen molar-refractivity contribution in [3.05, 3.63) is 23.2 Å². The van der Waals surface area contributed by atoms with E-state index in [1.807, 2.05) is 32.0 Å². The summed E-state index contributed by atoms with van der Waals surface area (Å²) >= 11 is 6.31. The van der Waals surface area contributed by atoms with Crippen LogP contribution in [0, 0.1) is 5.92 Å². The molecule has 0 saturated carbocycles. The largest absolute Gasteiger partial charge is 0.370 e. The molecule has 1 aliphatic rings. The van der Waals surface area contributed by atoms with Gasteiger partial charge < -0.3 is 10.2 Å². The second-order valence-corrected chi connectivity index (χ2v) is 5.91. The normalized spacial score (nSPS) is 15.1. The van der Waals surface area contributed by atoms with Crippen molar-refractivity contribution in [3.8, 4) is 0 Å². The highest BCUT2D eigenvalue weighted by Crippen LogP contribution is 2.31. The molecule has 3 nitrogen and oxygen atoms in total. The second-order valence-electron chi connectivity index (χ2n) is 5.51. The lowest BCUT2D eigenvalue weighted by molar-refractivity contribution is -0.116. The fourth-order valence-corrected chi connectivity index (χ4v) is 2.68. The topological polar surface area (TPSA) is 32.3 Å². The quantitative estimate of drug-likeness (QED) is 0.906. The molecular weight excluding hydrogens is 260 g/mol. The minimum absolute atomic E-state index is 0.0417. The molecule has 104 valence electrons. The lowest BCUT2D eigenvalue weighted by Gasteiger charge is -2.19. The van der Waals surface area contributed by atoms with E-state index < -0.39 is 0 Å². The number of halogens is 1. The minimum Gasteiger partial charge on any atom is -0.370 e. The fraction of sp³-hybridized carbons (Fsp3) is 0.533. The molecule has 19 heavy (non-hydrogen) atoms. The van der Waals surface area contributed by atoms with Gasteiger partial charge in [0.25, 0.3) is 0 Å². The predicted octanol–water partition coefficient (Wildman–Crippen LogP) is 3.92. The van der Waals surface area contributed by atoms with Crippen LogP contribution in [-0.4, -0.2) is 19.0 Å². The van der Waals surface area contributed by atoms with Crippen molar-refractivity contribution < 1.29 is 4.79 Å². The van der Waals surface area contributed by atoms with Crippen LogP contribution in [0.25, 0.3) is 0 Å². The first-order valence-electron chi connectivity index (χ1n) is 6.90. The van der Waals surface area contributed by atoms with E-state index in [1.165, 1.54) is 12.8 Å². The first kappa shape index (κ1) is 14.2. The minimum atomic E-state index is 0.0417. The number of benzene rings is 1. The molecule has 1 aromatic carbocycles. The molecule has 0 bridgehead atoms. The van der Waals surface area contributed by atoms with Crippen molar-refractivity contribution >= 4 is 28.9 Å². The summed E-state index contributed by atoms with van der Waals surface area (Å²) in [7, 11) is 0. The number of carbonyl (C=O) groups excluding carboxylic acids is 1. The third-order valence-electron chi connectivity index (χ3n) is 3.27. The molecule has 1 amide bonds. The van der Waals surface area contributed by atoms with Gasteiger partial charge in [0.1, 0.15) is 0 Å². The van der Waals surface area contributed by atoms with Gasteiger partial charge in [-0.15, -0.1) is 0 Å². The first-order valence-corrected chi connectivity index (χ1v) is 7.28. The van der Waals surface area contributed by atoms with Gasteiger partial charge in [0, 0.05) is 25.2 Å². The summed E-state index contributed by atoms with van der Waals surface area (Å²) in [5.41, 5.74) is 1.85. The van der Waals surface area contributed by atoms with Gasteiger partial charge in [-0.05, 0) is 37.0 Å². The van der Waals surface area contributed by atoms with E-state index in [2.05, 4.69) is 10.2 Å². The van der Waals surface area contributed by atoms with Crippen molar-refractivity contribution in [1.82, 2.24) is 0 Å². The zero-order chi connectivity index (χ0) is 13.8. The number of nitrogens with zero attached hydrogens (tertiary/aromatic N) is 1. The van der Waals surface area contributed by atoms with Crippen LogP contribution in [0.5, 0.6) is 0 Å². The number of amides is 1. The van der Waals surface area contributed by atoms with Crippen LogP contribution in [-0.2, 0) is 4.79 Å². The summed E-state index contributed by atoms with van der Waals surface area (Å²) in [6.07, 6.45) is 2.98. The van der Waals surface area contributed by atoms with Crippen molar-refractivity contribution in [2.24, 2.45) is 5.92 Å². The summed E-state index contributed by atoms with van der Waals surface area (Å²) in [5.74, 6) is 0.402. The first-order chi connectivity index (χ1) is 9.06. The van der Waals surface area contributed by atoms with Crippen molar-refractivity contribution in [3.63, 3.8) is 0 Å². The molecule has 1 N–H and O–H groups in total. The predicted molar refractivity (Wildman–Crippen MR) is 81.0 cm³/mol. The van der Waals surface area contributed by atoms with E-state index in [9.17, 15) is 4.79 Å². The van der Waals surface area contributed by atoms with Gasteiger partial charge in [-0.25, -0.2) is 0 Å². The van der Waals surface area contributed by atoms with Crippen molar-refractivity contribution in [2.75, 3.05) is 23.3 Å². The highest BCUT2D eigenvalue weighted by atomic mass is 35.5. The molecule has 1 aliphatic heterocycles. The van der Waals surface area contributed by atoms with Crippen LogP contribution in [0.1, 0.15) is 33.1 Å². The summed E-state index contributed by atoms with van der Waals surface area (Å²) in [5, 5.41) is 3.60. The molecule has 1 saturated heterocycles. The summed E-state index contributed by atoms with van der Waals surface area (Å²) in [4.78, 5) is 14.0. The number of anilines is 2. The number of hydrogen-bond donors (Lipinski definition) is 1. The molecule has 0 atom stereocenters. The van der Waals surface area contributed by atoms with E-state index >= 15 is 0 Å². The summed E-state index contributed by atoms with van der Waals surface area (Å²) < 4.78 is 0. The third-order valence-corrected chi connectivity index (χ3v) is 3.57. The fourth-order valence-electron chi connectivity index (χ4n) is 2.38. The van der Waals surface area contributed by atoms with Crippen molar-refractivity contribution in [1.29, 1.82) is 0 Å². The third kappa shape index (κ3) is 3.87. The number of rotatable bonds is 4. The Morgan fingerprint density at radius 2 is 2.05 bits per heavy atom. The van der Waals surface area contributed by atoms with Crippen LogP contribution in [0.2, 0.25) is 5.02 Å². The van der Waals surface area contributed by atoms with Gasteiger partial charge in [-0.3, -0.25) is 4.79 Å². The molecule has 2 rings (SSSR count). The van der Waals surface area contributed by atoms with Crippen molar-refractivity contribution in [2.45, 2.75) is 33.1 Å². The Hall–Kier alpha value is -1.22. The molecule has 4 heteroatoms. The second kappa shape index (κ2) is 6.29. The standard InChI is InChI=1S/C15H21ClN2O/c1-11(2)9-15(19)17-12-5-6-14(13(16)10-12)18-7-3-4-8-18/h5-6,10-11H,3-4,7-9H2,1-2H3,(H,17,19). The van der Waals surface area contributed by atoms with Gasteiger partial charge in [-0.1, -0.05) is 25.4 Å². The Bertz CT molecular complexity index is 453. The van der Waals surface area contributed by atoms with Crippen LogP contribution in [0.4, 0.5) is 11.4 Å². The van der Waals surface area contributed by atoms with Crippen LogP contribution < -0.4 is 10.2 Å². The van der Waals surface area contributed by atoms with Crippen LogP contribution >= 0.6 is 11.6 Å². The highest BCUT2D eigenvalue weighted by Gasteiger charge is 2.15. The molecule has 0 unspecified atom stereocenters. The Morgan fingerprint density at radius 1 is 1.37 bits per heavy atom. The Labute approximate surface area is 119 Å². The average molecular weight is 281 g/mol. The smallest absolute Gasteiger partial charge is 0.224 e.